The Balaban J connectivity index is 1.30. The first kappa shape index (κ1) is 18.0. The maximum atomic E-state index is 5.43. The molecule has 2 atom stereocenters. The molecule has 0 amide bonds. The minimum absolute atomic E-state index is 0.764. The molecule has 23 heavy (non-hydrogen) atoms. The lowest BCUT2D eigenvalue weighted by atomic mass is 9.93. The minimum Gasteiger partial charge on any atom is -0.379 e. The molecule has 0 spiro atoms. The molecule has 1 aliphatic carbocycles. The van der Waals surface area contributed by atoms with Crippen molar-refractivity contribution in [3.8, 4) is 0 Å². The number of morpholine rings is 1. The van der Waals surface area contributed by atoms with Crippen LogP contribution in [0.5, 0.6) is 0 Å². The predicted molar refractivity (Wildman–Crippen MR) is 99.4 cm³/mol. The summed E-state index contributed by atoms with van der Waals surface area (Å²) in [6, 6.07) is 1.55. The zero-order valence-corrected chi connectivity index (χ0v) is 15.7. The third kappa shape index (κ3) is 5.89. The van der Waals surface area contributed by atoms with Crippen molar-refractivity contribution in [2.45, 2.75) is 55.9 Å². The van der Waals surface area contributed by atoms with Gasteiger partial charge < -0.3 is 15.0 Å². The standard InChI is InChI=1S/C18H35N3OS/c1-23-18-4-2-3-17(15-18)19-16-5-7-20(8-6-16)9-10-21-11-13-22-14-12-21/h16-19H,2-15H2,1H3/t17-,18+/m0/s1. The Morgan fingerprint density at radius 1 is 0.913 bits per heavy atom. The van der Waals surface area contributed by atoms with Gasteiger partial charge in [-0.15, -0.1) is 0 Å². The number of rotatable bonds is 6. The van der Waals surface area contributed by atoms with Crippen LogP contribution in [0.15, 0.2) is 0 Å². The van der Waals surface area contributed by atoms with Crippen LogP contribution in [0, 0.1) is 0 Å². The number of thioether (sulfide) groups is 1. The summed E-state index contributed by atoms with van der Waals surface area (Å²) in [5.74, 6) is 0. The first-order chi connectivity index (χ1) is 11.3. The fraction of sp³-hybridized carbons (Fsp3) is 1.00. The molecular formula is C18H35N3OS. The highest BCUT2D eigenvalue weighted by molar-refractivity contribution is 7.99. The number of nitrogens with one attached hydrogen (secondary N) is 1. The molecule has 134 valence electrons. The number of likely N-dealkylation sites (tertiary alicyclic amines) is 1. The van der Waals surface area contributed by atoms with E-state index in [9.17, 15) is 0 Å². The Morgan fingerprint density at radius 3 is 2.30 bits per heavy atom. The van der Waals surface area contributed by atoms with Crippen LogP contribution in [0.1, 0.15) is 38.5 Å². The number of nitrogens with zero attached hydrogens (tertiary/aromatic N) is 2. The monoisotopic (exact) mass is 341 g/mol. The van der Waals surface area contributed by atoms with Crippen molar-refractivity contribution >= 4 is 11.8 Å². The van der Waals surface area contributed by atoms with Crippen LogP contribution >= 0.6 is 11.8 Å². The molecule has 1 N–H and O–H groups in total. The van der Waals surface area contributed by atoms with Crippen molar-refractivity contribution in [2.75, 3.05) is 58.7 Å². The van der Waals surface area contributed by atoms with Crippen molar-refractivity contribution < 1.29 is 4.74 Å². The molecule has 4 nitrogen and oxygen atoms in total. The van der Waals surface area contributed by atoms with E-state index in [-0.39, 0.29) is 0 Å². The van der Waals surface area contributed by atoms with E-state index in [2.05, 4.69) is 33.1 Å². The number of hydrogen-bond donors (Lipinski definition) is 1. The lowest BCUT2D eigenvalue weighted by Gasteiger charge is -2.37. The number of ether oxygens (including phenoxy) is 1. The van der Waals surface area contributed by atoms with E-state index in [0.29, 0.717) is 0 Å². The van der Waals surface area contributed by atoms with Gasteiger partial charge in [0.1, 0.15) is 0 Å². The first-order valence-electron chi connectivity index (χ1n) is 9.65. The van der Waals surface area contributed by atoms with Gasteiger partial charge in [-0.3, -0.25) is 4.90 Å². The van der Waals surface area contributed by atoms with Crippen molar-refractivity contribution in [2.24, 2.45) is 0 Å². The van der Waals surface area contributed by atoms with Gasteiger partial charge in [-0.1, -0.05) is 6.42 Å². The van der Waals surface area contributed by atoms with Crippen molar-refractivity contribution in [3.05, 3.63) is 0 Å². The second-order valence-electron chi connectivity index (χ2n) is 7.46. The topological polar surface area (TPSA) is 27.7 Å². The molecule has 2 aliphatic heterocycles. The zero-order valence-electron chi connectivity index (χ0n) is 14.8. The SMILES string of the molecule is CS[C@@H]1CCC[C@H](NC2CCN(CCN3CCOCC3)CC2)C1. The Bertz CT molecular complexity index is 330. The molecule has 0 radical (unpaired) electrons. The molecule has 0 aromatic heterocycles. The van der Waals surface area contributed by atoms with Gasteiger partial charge in [0.05, 0.1) is 13.2 Å². The van der Waals surface area contributed by atoms with E-state index in [1.54, 1.807) is 0 Å². The quantitative estimate of drug-likeness (QED) is 0.798. The summed E-state index contributed by atoms with van der Waals surface area (Å²) >= 11 is 2.07. The fourth-order valence-electron chi connectivity index (χ4n) is 4.27. The molecule has 0 unspecified atom stereocenters. The summed E-state index contributed by atoms with van der Waals surface area (Å²) in [4.78, 5) is 5.22. The second-order valence-corrected chi connectivity index (χ2v) is 8.60. The Kier molecular flexibility index (Phi) is 7.52. The predicted octanol–water partition coefficient (Wildman–Crippen LogP) is 2.05. The van der Waals surface area contributed by atoms with Crippen molar-refractivity contribution in [1.82, 2.24) is 15.1 Å². The third-order valence-electron chi connectivity index (χ3n) is 5.85. The molecule has 1 saturated carbocycles. The van der Waals surface area contributed by atoms with Gasteiger partial charge in [0.15, 0.2) is 0 Å². The summed E-state index contributed by atoms with van der Waals surface area (Å²) < 4.78 is 5.43. The number of piperidine rings is 1. The summed E-state index contributed by atoms with van der Waals surface area (Å²) in [5, 5.41) is 4.88. The smallest absolute Gasteiger partial charge is 0.0594 e. The normalized spacial score (nSPS) is 32.2. The molecule has 0 aromatic carbocycles. The third-order valence-corrected chi connectivity index (χ3v) is 6.95. The number of hydrogen-bond acceptors (Lipinski definition) is 5. The lowest BCUT2D eigenvalue weighted by Crippen LogP contribution is -2.49. The van der Waals surface area contributed by atoms with Crippen LogP contribution in [-0.2, 0) is 4.74 Å². The molecule has 2 heterocycles. The maximum absolute atomic E-state index is 5.43. The zero-order chi connectivity index (χ0) is 15.9. The molecule has 0 aromatic rings. The molecule has 2 saturated heterocycles. The molecule has 5 heteroatoms. The van der Waals surface area contributed by atoms with Gasteiger partial charge in [0.2, 0.25) is 0 Å². The van der Waals surface area contributed by atoms with Gasteiger partial charge >= 0.3 is 0 Å². The van der Waals surface area contributed by atoms with Gasteiger partial charge in [-0.2, -0.15) is 11.8 Å². The van der Waals surface area contributed by atoms with E-state index < -0.39 is 0 Å². The van der Waals surface area contributed by atoms with Crippen LogP contribution in [0.2, 0.25) is 0 Å². The van der Waals surface area contributed by atoms with Crippen molar-refractivity contribution in [3.63, 3.8) is 0 Å². The van der Waals surface area contributed by atoms with E-state index in [4.69, 9.17) is 4.74 Å². The Hall–Kier alpha value is 0.190. The van der Waals surface area contributed by atoms with Crippen LogP contribution in [-0.4, -0.2) is 85.9 Å². The Labute approximate surface area is 146 Å². The summed E-state index contributed by atoms with van der Waals surface area (Å²) in [6.07, 6.45) is 10.6. The van der Waals surface area contributed by atoms with Gasteiger partial charge in [0.25, 0.3) is 0 Å². The second kappa shape index (κ2) is 9.62. The van der Waals surface area contributed by atoms with E-state index in [1.165, 1.54) is 64.7 Å². The average Bonchev–Trinajstić information content (AvgIpc) is 2.62. The van der Waals surface area contributed by atoms with E-state index in [1.807, 2.05) is 0 Å². The fourth-order valence-corrected chi connectivity index (χ4v) is 5.10. The average molecular weight is 342 g/mol. The van der Waals surface area contributed by atoms with E-state index in [0.717, 1.165) is 43.6 Å². The Morgan fingerprint density at radius 2 is 1.61 bits per heavy atom. The van der Waals surface area contributed by atoms with Gasteiger partial charge in [0, 0.05) is 43.5 Å². The van der Waals surface area contributed by atoms with Gasteiger partial charge in [-0.25, -0.2) is 0 Å². The van der Waals surface area contributed by atoms with Gasteiger partial charge in [-0.05, 0) is 51.4 Å². The van der Waals surface area contributed by atoms with E-state index >= 15 is 0 Å². The summed E-state index contributed by atoms with van der Waals surface area (Å²) in [5.41, 5.74) is 0. The highest BCUT2D eigenvalue weighted by Gasteiger charge is 2.26. The lowest BCUT2D eigenvalue weighted by molar-refractivity contribution is 0.0317. The van der Waals surface area contributed by atoms with Crippen molar-refractivity contribution in [1.29, 1.82) is 0 Å². The summed E-state index contributed by atoms with van der Waals surface area (Å²) in [6.45, 7) is 9.10. The molecule has 3 rings (SSSR count). The first-order valence-corrected chi connectivity index (χ1v) is 10.9. The van der Waals surface area contributed by atoms with Crippen LogP contribution in [0.3, 0.4) is 0 Å². The molecular weight excluding hydrogens is 306 g/mol. The minimum atomic E-state index is 0.764. The van der Waals surface area contributed by atoms with Crippen LogP contribution < -0.4 is 5.32 Å². The highest BCUT2D eigenvalue weighted by atomic mass is 32.2. The van der Waals surface area contributed by atoms with Crippen LogP contribution in [0.25, 0.3) is 0 Å². The maximum Gasteiger partial charge on any atom is 0.0594 e. The molecule has 3 fully saturated rings. The van der Waals surface area contributed by atoms with Crippen LogP contribution in [0.4, 0.5) is 0 Å². The molecule has 0 bridgehead atoms. The largest absolute Gasteiger partial charge is 0.379 e. The summed E-state index contributed by atoms with van der Waals surface area (Å²) in [7, 11) is 0. The highest BCUT2D eigenvalue weighted by Crippen LogP contribution is 2.27. The molecule has 3 aliphatic rings.